The molecular weight excluding hydrogens is 432 g/mol. The number of pyridine rings is 2. The van der Waals surface area contributed by atoms with Crippen LogP contribution in [0.4, 0.5) is 27.8 Å². The highest BCUT2D eigenvalue weighted by molar-refractivity contribution is 6.12. The first kappa shape index (κ1) is 20.5. The molecule has 1 fully saturated rings. The fraction of sp³-hybridized carbons (Fsp3) is 0.280. The van der Waals surface area contributed by atoms with Crippen LogP contribution in [0.3, 0.4) is 0 Å². The molecule has 4 heterocycles. The molecule has 3 amide bonds. The van der Waals surface area contributed by atoms with Crippen LogP contribution >= 0.6 is 0 Å². The van der Waals surface area contributed by atoms with E-state index in [1.54, 1.807) is 6.20 Å². The molecule has 3 N–H and O–H groups in total. The average molecular weight is 457 g/mol. The number of anilines is 4. The molecule has 3 aliphatic rings. The first-order valence-electron chi connectivity index (χ1n) is 11.4. The summed E-state index contributed by atoms with van der Waals surface area (Å²) in [4.78, 5) is 36.1. The largest absolute Gasteiger partial charge is 0.493 e. The molecule has 0 bridgehead atoms. The van der Waals surface area contributed by atoms with Crippen molar-refractivity contribution in [3.63, 3.8) is 0 Å². The number of benzene rings is 1. The molecule has 0 atom stereocenters. The Morgan fingerprint density at radius 2 is 2.00 bits per heavy atom. The standard InChI is InChI=1S/C25H24N6O3/c1-14-7-9-26-23-21(14)30-24(32)17-11-15(12-27-22(17)31(23)16-5-6-16)8-10-34-20-4-2-3-19-18(20)13-28-25(33)29-19/h2-4,7,9,11-12,16H,5-6,8,10,13H2,1H3,(H,30,32)(H2,28,29,33). The highest BCUT2D eigenvalue weighted by Gasteiger charge is 2.38. The van der Waals surface area contributed by atoms with Gasteiger partial charge in [0.2, 0.25) is 0 Å². The Kier molecular flexibility index (Phi) is 4.83. The molecule has 0 spiro atoms. The number of ether oxygens (including phenoxy) is 1. The summed E-state index contributed by atoms with van der Waals surface area (Å²) in [5.74, 6) is 1.96. The zero-order valence-electron chi connectivity index (χ0n) is 18.7. The van der Waals surface area contributed by atoms with Crippen LogP contribution in [0.25, 0.3) is 0 Å². The van der Waals surface area contributed by atoms with E-state index in [-0.39, 0.29) is 11.9 Å². The van der Waals surface area contributed by atoms with Crippen LogP contribution < -0.4 is 25.6 Å². The van der Waals surface area contributed by atoms with Crippen molar-refractivity contribution in [2.75, 3.05) is 22.1 Å². The summed E-state index contributed by atoms with van der Waals surface area (Å²) in [7, 11) is 0. The van der Waals surface area contributed by atoms with Crippen LogP contribution in [0.1, 0.15) is 39.9 Å². The van der Waals surface area contributed by atoms with E-state index in [0.29, 0.717) is 37.0 Å². The van der Waals surface area contributed by atoms with Gasteiger partial charge in [-0.2, -0.15) is 0 Å². The average Bonchev–Trinajstić information content (AvgIpc) is 3.67. The number of hydrogen-bond acceptors (Lipinski definition) is 6. The van der Waals surface area contributed by atoms with E-state index in [9.17, 15) is 9.59 Å². The smallest absolute Gasteiger partial charge is 0.319 e. The van der Waals surface area contributed by atoms with Gasteiger partial charge in [-0.1, -0.05) is 6.07 Å². The summed E-state index contributed by atoms with van der Waals surface area (Å²) in [5.41, 5.74) is 4.86. The van der Waals surface area contributed by atoms with E-state index in [4.69, 9.17) is 9.72 Å². The van der Waals surface area contributed by atoms with E-state index in [1.807, 2.05) is 43.5 Å². The van der Waals surface area contributed by atoms with Gasteiger partial charge in [0.05, 0.1) is 30.1 Å². The molecule has 2 aromatic heterocycles. The third kappa shape index (κ3) is 3.59. The number of amides is 3. The van der Waals surface area contributed by atoms with Crippen LogP contribution in [0.5, 0.6) is 5.75 Å². The third-order valence-electron chi connectivity index (χ3n) is 6.37. The normalized spacial score (nSPS) is 16.3. The number of fused-ring (bicyclic) bond motifs is 3. The fourth-order valence-corrected chi connectivity index (χ4v) is 4.45. The van der Waals surface area contributed by atoms with Crippen LogP contribution in [0.15, 0.2) is 42.7 Å². The summed E-state index contributed by atoms with van der Waals surface area (Å²) < 4.78 is 6.03. The second-order valence-corrected chi connectivity index (χ2v) is 8.78. The molecule has 9 heteroatoms. The highest BCUT2D eigenvalue weighted by Crippen LogP contribution is 2.43. The number of carbonyl (C=O) groups excluding carboxylic acids is 2. The summed E-state index contributed by atoms with van der Waals surface area (Å²) in [5, 5.41) is 8.61. The lowest BCUT2D eigenvalue weighted by Gasteiger charge is -2.24. The minimum atomic E-state index is -0.216. The summed E-state index contributed by atoms with van der Waals surface area (Å²) in [6, 6.07) is 9.50. The molecule has 9 nitrogen and oxygen atoms in total. The molecule has 1 aliphatic carbocycles. The minimum absolute atomic E-state index is 0.176. The zero-order valence-corrected chi connectivity index (χ0v) is 18.7. The number of aryl methyl sites for hydroxylation is 1. The Balaban J connectivity index is 1.24. The van der Waals surface area contributed by atoms with E-state index in [0.717, 1.165) is 52.5 Å². The molecule has 1 aromatic carbocycles. The van der Waals surface area contributed by atoms with E-state index in [2.05, 4.69) is 25.8 Å². The van der Waals surface area contributed by atoms with Gasteiger partial charge in [-0.15, -0.1) is 0 Å². The highest BCUT2D eigenvalue weighted by atomic mass is 16.5. The Hall–Kier alpha value is -4.14. The zero-order chi connectivity index (χ0) is 23.2. The Bertz CT molecular complexity index is 1320. The van der Waals surface area contributed by atoms with Crippen LogP contribution in [-0.2, 0) is 13.0 Å². The summed E-state index contributed by atoms with van der Waals surface area (Å²) >= 11 is 0. The third-order valence-corrected chi connectivity index (χ3v) is 6.37. The van der Waals surface area contributed by atoms with Crippen molar-refractivity contribution >= 4 is 34.9 Å². The number of nitrogens with zero attached hydrogens (tertiary/aromatic N) is 3. The van der Waals surface area contributed by atoms with Gasteiger partial charge in [-0.25, -0.2) is 14.8 Å². The second-order valence-electron chi connectivity index (χ2n) is 8.78. The number of carbonyl (C=O) groups is 2. The second kappa shape index (κ2) is 8.02. The predicted molar refractivity (Wildman–Crippen MR) is 128 cm³/mol. The number of hydrogen-bond donors (Lipinski definition) is 3. The van der Waals surface area contributed by atoms with Crippen LogP contribution in [-0.4, -0.2) is 34.6 Å². The van der Waals surface area contributed by atoms with Gasteiger partial charge in [0.15, 0.2) is 5.82 Å². The monoisotopic (exact) mass is 456 g/mol. The van der Waals surface area contributed by atoms with Crippen molar-refractivity contribution in [3.8, 4) is 5.75 Å². The molecule has 2 aliphatic heterocycles. The van der Waals surface area contributed by atoms with E-state index < -0.39 is 0 Å². The maximum absolute atomic E-state index is 13.2. The van der Waals surface area contributed by atoms with Crippen LogP contribution in [0, 0.1) is 6.92 Å². The van der Waals surface area contributed by atoms with Gasteiger partial charge in [0.25, 0.3) is 5.91 Å². The predicted octanol–water partition coefficient (Wildman–Crippen LogP) is 3.91. The molecule has 0 saturated heterocycles. The molecule has 34 heavy (non-hydrogen) atoms. The van der Waals surface area contributed by atoms with Crippen LogP contribution in [0.2, 0.25) is 0 Å². The number of aromatic nitrogens is 2. The lowest BCUT2D eigenvalue weighted by Crippen LogP contribution is -2.33. The van der Waals surface area contributed by atoms with Gasteiger partial charge >= 0.3 is 6.03 Å². The summed E-state index contributed by atoms with van der Waals surface area (Å²) in [6.07, 6.45) is 6.28. The quantitative estimate of drug-likeness (QED) is 0.537. The topological polar surface area (TPSA) is 108 Å². The van der Waals surface area contributed by atoms with Gasteiger partial charge in [-0.05, 0) is 55.2 Å². The first-order valence-corrected chi connectivity index (χ1v) is 11.4. The minimum Gasteiger partial charge on any atom is -0.493 e. The molecule has 6 rings (SSSR count). The van der Waals surface area contributed by atoms with Gasteiger partial charge < -0.3 is 25.6 Å². The number of nitrogens with one attached hydrogen (secondary N) is 3. The Morgan fingerprint density at radius 3 is 2.85 bits per heavy atom. The lowest BCUT2D eigenvalue weighted by molar-refractivity contribution is 0.102. The SMILES string of the molecule is Cc1ccnc2c1NC(=O)c1cc(CCOc3cccc4c3CNC(=O)N4)cnc1N2C1CC1. The van der Waals surface area contributed by atoms with E-state index >= 15 is 0 Å². The Morgan fingerprint density at radius 1 is 1.12 bits per heavy atom. The maximum Gasteiger partial charge on any atom is 0.319 e. The van der Waals surface area contributed by atoms with Crippen molar-refractivity contribution in [1.29, 1.82) is 0 Å². The fourth-order valence-electron chi connectivity index (χ4n) is 4.45. The molecular formula is C25H24N6O3. The Labute approximate surface area is 196 Å². The van der Waals surface area contributed by atoms with Crippen molar-refractivity contribution in [1.82, 2.24) is 15.3 Å². The van der Waals surface area contributed by atoms with E-state index in [1.165, 1.54) is 0 Å². The molecule has 3 aromatic rings. The van der Waals surface area contributed by atoms with Gasteiger partial charge in [0, 0.05) is 30.4 Å². The summed E-state index contributed by atoms with van der Waals surface area (Å²) in [6.45, 7) is 2.81. The van der Waals surface area contributed by atoms with Gasteiger partial charge in [0.1, 0.15) is 11.6 Å². The first-order chi connectivity index (χ1) is 16.6. The van der Waals surface area contributed by atoms with Crippen molar-refractivity contribution in [2.45, 2.75) is 38.8 Å². The molecule has 0 radical (unpaired) electrons. The number of urea groups is 1. The van der Waals surface area contributed by atoms with Crippen molar-refractivity contribution < 1.29 is 14.3 Å². The molecule has 0 unspecified atom stereocenters. The van der Waals surface area contributed by atoms with Crippen molar-refractivity contribution in [2.24, 2.45) is 0 Å². The molecule has 1 saturated carbocycles. The number of rotatable bonds is 5. The lowest BCUT2D eigenvalue weighted by atomic mass is 10.1. The van der Waals surface area contributed by atoms with Crippen molar-refractivity contribution in [3.05, 3.63) is 65.0 Å². The molecule has 172 valence electrons. The van der Waals surface area contributed by atoms with Gasteiger partial charge in [-0.3, -0.25) is 4.79 Å². The maximum atomic E-state index is 13.2.